The van der Waals surface area contributed by atoms with Crippen molar-refractivity contribution in [1.82, 2.24) is 10.6 Å². The molecule has 1 aliphatic heterocycles. The van der Waals surface area contributed by atoms with Crippen molar-refractivity contribution in [2.75, 3.05) is 13.1 Å². The van der Waals surface area contributed by atoms with Crippen molar-refractivity contribution < 1.29 is 9.90 Å². The monoisotopic (exact) mass is 226 g/mol. The first-order valence-electron chi connectivity index (χ1n) is 4.98. The van der Waals surface area contributed by atoms with Gasteiger partial charge in [0.15, 0.2) is 0 Å². The summed E-state index contributed by atoms with van der Waals surface area (Å²) < 4.78 is 0. The Kier molecular flexibility index (Phi) is 3.35. The van der Waals surface area contributed by atoms with Crippen molar-refractivity contribution >= 4 is 17.2 Å². The first-order chi connectivity index (χ1) is 7.27. The lowest BCUT2D eigenvalue weighted by molar-refractivity contribution is -0.125. The first kappa shape index (κ1) is 10.6. The lowest BCUT2D eigenvalue weighted by atomic mass is 10.1. The van der Waals surface area contributed by atoms with Crippen LogP contribution in [0.3, 0.4) is 0 Å². The molecule has 1 aromatic rings. The van der Waals surface area contributed by atoms with Gasteiger partial charge < -0.3 is 15.7 Å². The third-order valence-corrected chi connectivity index (χ3v) is 3.24. The molecular weight excluding hydrogens is 212 g/mol. The number of aliphatic hydroxyl groups is 1. The summed E-state index contributed by atoms with van der Waals surface area (Å²) in [5, 5.41) is 19.2. The summed E-state index contributed by atoms with van der Waals surface area (Å²) in [6.45, 7) is 1.19. The second-order valence-electron chi connectivity index (χ2n) is 3.61. The predicted molar refractivity (Wildman–Crippen MR) is 58.7 cm³/mol. The molecule has 1 aromatic heterocycles. The topological polar surface area (TPSA) is 61.4 Å². The number of aliphatic hydroxyl groups excluding tert-OH is 1. The second-order valence-corrected chi connectivity index (χ2v) is 4.39. The van der Waals surface area contributed by atoms with E-state index < -0.39 is 6.10 Å². The Balaban J connectivity index is 1.75. The van der Waals surface area contributed by atoms with Crippen molar-refractivity contribution in [3.63, 3.8) is 0 Å². The van der Waals surface area contributed by atoms with E-state index in [-0.39, 0.29) is 18.5 Å². The molecule has 2 rings (SSSR count). The predicted octanol–water partition coefficient (Wildman–Crippen LogP) is 0.260. The van der Waals surface area contributed by atoms with E-state index in [1.807, 2.05) is 16.8 Å². The Hall–Kier alpha value is -0.910. The van der Waals surface area contributed by atoms with Crippen LogP contribution in [0.25, 0.3) is 0 Å². The van der Waals surface area contributed by atoms with E-state index in [1.54, 1.807) is 0 Å². The SMILES string of the molecule is O=C(NCC(O)c1ccsc1)[C@H]1CCN1. The third kappa shape index (κ3) is 2.56. The second kappa shape index (κ2) is 4.74. The van der Waals surface area contributed by atoms with Gasteiger partial charge >= 0.3 is 0 Å². The van der Waals surface area contributed by atoms with E-state index in [4.69, 9.17) is 0 Å². The Labute approximate surface area is 92.3 Å². The van der Waals surface area contributed by atoms with Crippen LogP contribution in [0.2, 0.25) is 0 Å². The average Bonchev–Trinajstić information content (AvgIpc) is 2.63. The van der Waals surface area contributed by atoms with Crippen molar-refractivity contribution in [1.29, 1.82) is 0 Å². The molecule has 1 unspecified atom stereocenters. The molecule has 0 radical (unpaired) electrons. The van der Waals surface area contributed by atoms with Crippen LogP contribution in [0.15, 0.2) is 16.8 Å². The number of hydrogen-bond donors (Lipinski definition) is 3. The van der Waals surface area contributed by atoms with E-state index in [0.29, 0.717) is 0 Å². The molecule has 1 amide bonds. The zero-order chi connectivity index (χ0) is 10.7. The van der Waals surface area contributed by atoms with Crippen LogP contribution in [0.5, 0.6) is 0 Å². The maximum atomic E-state index is 11.4. The summed E-state index contributed by atoms with van der Waals surface area (Å²) in [5.41, 5.74) is 0.863. The van der Waals surface area contributed by atoms with Crippen molar-refractivity contribution in [2.24, 2.45) is 0 Å². The molecular formula is C10H14N2O2S. The van der Waals surface area contributed by atoms with Gasteiger partial charge in [-0.25, -0.2) is 0 Å². The molecule has 82 valence electrons. The minimum absolute atomic E-state index is 0.0180. The van der Waals surface area contributed by atoms with E-state index in [0.717, 1.165) is 18.5 Å². The highest BCUT2D eigenvalue weighted by atomic mass is 32.1. The maximum Gasteiger partial charge on any atom is 0.237 e. The molecule has 0 saturated carbocycles. The fourth-order valence-electron chi connectivity index (χ4n) is 1.42. The Morgan fingerprint density at radius 1 is 1.80 bits per heavy atom. The fourth-order valence-corrected chi connectivity index (χ4v) is 2.12. The van der Waals surface area contributed by atoms with Crippen LogP contribution in [-0.2, 0) is 4.79 Å². The van der Waals surface area contributed by atoms with Crippen molar-refractivity contribution in [3.8, 4) is 0 Å². The number of hydrogen-bond acceptors (Lipinski definition) is 4. The molecule has 0 bridgehead atoms. The van der Waals surface area contributed by atoms with Gasteiger partial charge in [-0.2, -0.15) is 11.3 Å². The van der Waals surface area contributed by atoms with Gasteiger partial charge in [0.1, 0.15) is 0 Å². The quantitative estimate of drug-likeness (QED) is 0.690. The highest BCUT2D eigenvalue weighted by molar-refractivity contribution is 7.07. The highest BCUT2D eigenvalue weighted by Crippen LogP contribution is 2.15. The third-order valence-electron chi connectivity index (χ3n) is 2.54. The molecule has 15 heavy (non-hydrogen) atoms. The van der Waals surface area contributed by atoms with Gasteiger partial charge in [0.25, 0.3) is 0 Å². The maximum absolute atomic E-state index is 11.4. The van der Waals surface area contributed by atoms with Crippen molar-refractivity contribution in [2.45, 2.75) is 18.6 Å². The Morgan fingerprint density at radius 2 is 2.60 bits per heavy atom. The Bertz CT molecular complexity index is 322. The van der Waals surface area contributed by atoms with Crippen LogP contribution >= 0.6 is 11.3 Å². The summed E-state index contributed by atoms with van der Waals surface area (Å²) in [6, 6.07) is 1.81. The standard InChI is InChI=1S/C10H14N2O2S/c13-9(7-2-4-15-6-7)5-12-10(14)8-1-3-11-8/h2,4,6,8-9,11,13H,1,3,5H2,(H,12,14)/t8-,9?/m1/s1. The van der Waals surface area contributed by atoms with Crippen LogP contribution in [0.4, 0.5) is 0 Å². The lowest BCUT2D eigenvalue weighted by Gasteiger charge is -2.26. The fraction of sp³-hybridized carbons (Fsp3) is 0.500. The molecule has 0 aliphatic carbocycles. The summed E-state index contributed by atoms with van der Waals surface area (Å²) in [6.07, 6.45) is 0.292. The summed E-state index contributed by atoms with van der Waals surface area (Å²) >= 11 is 1.54. The summed E-state index contributed by atoms with van der Waals surface area (Å²) in [4.78, 5) is 11.4. The number of carbonyl (C=O) groups excluding carboxylic acids is 1. The minimum Gasteiger partial charge on any atom is -0.387 e. The van der Waals surface area contributed by atoms with E-state index in [1.165, 1.54) is 11.3 Å². The number of carbonyl (C=O) groups is 1. The van der Waals surface area contributed by atoms with Gasteiger partial charge in [-0.05, 0) is 35.4 Å². The van der Waals surface area contributed by atoms with Gasteiger partial charge in [-0.15, -0.1) is 0 Å². The molecule has 1 aliphatic rings. The van der Waals surface area contributed by atoms with Gasteiger partial charge in [-0.3, -0.25) is 4.79 Å². The van der Waals surface area contributed by atoms with Gasteiger partial charge in [0.2, 0.25) is 5.91 Å². The largest absolute Gasteiger partial charge is 0.387 e. The van der Waals surface area contributed by atoms with E-state index >= 15 is 0 Å². The molecule has 1 saturated heterocycles. The Morgan fingerprint density at radius 3 is 3.13 bits per heavy atom. The molecule has 2 heterocycles. The van der Waals surface area contributed by atoms with Gasteiger partial charge in [0, 0.05) is 6.54 Å². The number of rotatable bonds is 4. The molecule has 2 atom stereocenters. The normalized spacial score (nSPS) is 21.8. The first-order valence-corrected chi connectivity index (χ1v) is 5.93. The lowest BCUT2D eigenvalue weighted by Crippen LogP contribution is -2.53. The summed E-state index contributed by atoms with van der Waals surface area (Å²) in [5.74, 6) is -0.0180. The van der Waals surface area contributed by atoms with Gasteiger partial charge in [0.05, 0.1) is 12.1 Å². The minimum atomic E-state index is -0.597. The smallest absolute Gasteiger partial charge is 0.237 e. The molecule has 5 heteroatoms. The van der Waals surface area contributed by atoms with E-state index in [2.05, 4.69) is 10.6 Å². The van der Waals surface area contributed by atoms with Gasteiger partial charge in [-0.1, -0.05) is 0 Å². The van der Waals surface area contributed by atoms with Crippen LogP contribution < -0.4 is 10.6 Å². The van der Waals surface area contributed by atoms with Crippen molar-refractivity contribution in [3.05, 3.63) is 22.4 Å². The molecule has 4 nitrogen and oxygen atoms in total. The summed E-state index contributed by atoms with van der Waals surface area (Å²) in [7, 11) is 0. The molecule has 3 N–H and O–H groups in total. The number of nitrogens with one attached hydrogen (secondary N) is 2. The van der Waals surface area contributed by atoms with Crippen LogP contribution in [0.1, 0.15) is 18.1 Å². The van der Waals surface area contributed by atoms with Crippen LogP contribution in [-0.4, -0.2) is 30.1 Å². The number of thiophene rings is 1. The molecule has 0 spiro atoms. The average molecular weight is 226 g/mol. The van der Waals surface area contributed by atoms with E-state index in [9.17, 15) is 9.90 Å². The van der Waals surface area contributed by atoms with Crippen LogP contribution in [0, 0.1) is 0 Å². The molecule has 0 aromatic carbocycles. The zero-order valence-corrected chi connectivity index (χ0v) is 9.09. The highest BCUT2D eigenvalue weighted by Gasteiger charge is 2.24. The zero-order valence-electron chi connectivity index (χ0n) is 8.27. The molecule has 1 fully saturated rings. The number of amides is 1.